The second kappa shape index (κ2) is 10.9. The molecule has 1 aliphatic heterocycles. The van der Waals surface area contributed by atoms with E-state index in [2.05, 4.69) is 20.5 Å². The third kappa shape index (κ3) is 5.27. The SMILES string of the molecule is CC(=O)OCc1c(-c2cc(Nc3cc4n(n3)CCC4)c(=O)n(C)c2)ccnc1-n1ncc2cc(C(C)(C)C)cc(F)c2c1=O. The highest BCUT2D eigenvalue weighted by molar-refractivity contribution is 5.83. The van der Waals surface area contributed by atoms with Gasteiger partial charge in [0.25, 0.3) is 11.1 Å². The van der Waals surface area contributed by atoms with Gasteiger partial charge in [-0.1, -0.05) is 20.8 Å². The van der Waals surface area contributed by atoms with E-state index in [4.69, 9.17) is 4.74 Å². The zero-order valence-electron chi connectivity index (χ0n) is 25.1. The molecule has 0 amide bonds. The molecular formula is C32H32FN7O4. The number of benzene rings is 1. The molecule has 11 nitrogen and oxygen atoms in total. The lowest BCUT2D eigenvalue weighted by molar-refractivity contribution is -0.142. The number of ether oxygens (including phenoxy) is 1. The van der Waals surface area contributed by atoms with Crippen LogP contribution in [0, 0.1) is 5.82 Å². The fourth-order valence-electron chi connectivity index (χ4n) is 5.48. The van der Waals surface area contributed by atoms with Crippen molar-refractivity contribution in [2.24, 2.45) is 7.05 Å². The highest BCUT2D eigenvalue weighted by Gasteiger charge is 2.22. The Balaban J connectivity index is 1.49. The minimum absolute atomic E-state index is 0.0730. The molecule has 4 aromatic heterocycles. The van der Waals surface area contributed by atoms with Gasteiger partial charge in [0.2, 0.25) is 0 Å². The fraction of sp³-hybridized carbons (Fsp3) is 0.312. The number of anilines is 2. The molecule has 226 valence electrons. The molecule has 6 rings (SSSR count). The molecule has 5 heterocycles. The van der Waals surface area contributed by atoms with Crippen molar-refractivity contribution in [1.82, 2.24) is 29.1 Å². The summed E-state index contributed by atoms with van der Waals surface area (Å²) in [4.78, 5) is 43.1. The normalized spacial score (nSPS) is 12.9. The Morgan fingerprint density at radius 3 is 2.66 bits per heavy atom. The third-order valence-electron chi connectivity index (χ3n) is 7.78. The van der Waals surface area contributed by atoms with Gasteiger partial charge < -0.3 is 14.6 Å². The number of nitrogens with zero attached hydrogens (tertiary/aromatic N) is 6. The Labute approximate surface area is 251 Å². The molecule has 5 aromatic rings. The third-order valence-corrected chi connectivity index (χ3v) is 7.78. The highest BCUT2D eigenvalue weighted by atomic mass is 19.1. The molecule has 1 aliphatic rings. The van der Waals surface area contributed by atoms with Crippen LogP contribution in [-0.4, -0.2) is 35.1 Å². The minimum Gasteiger partial charge on any atom is -0.461 e. The lowest BCUT2D eigenvalue weighted by atomic mass is 9.86. The Kier molecular flexibility index (Phi) is 7.14. The Morgan fingerprint density at radius 2 is 1.93 bits per heavy atom. The number of halogens is 1. The summed E-state index contributed by atoms with van der Waals surface area (Å²) in [6.07, 6.45) is 6.51. The van der Waals surface area contributed by atoms with Crippen LogP contribution in [0.1, 0.15) is 50.9 Å². The van der Waals surface area contributed by atoms with Gasteiger partial charge in [-0.15, -0.1) is 0 Å². The van der Waals surface area contributed by atoms with E-state index in [0.717, 1.165) is 35.3 Å². The number of pyridine rings is 2. The Bertz CT molecular complexity index is 2050. The summed E-state index contributed by atoms with van der Waals surface area (Å²) in [5.74, 6) is -0.567. The number of aromatic nitrogens is 6. The van der Waals surface area contributed by atoms with E-state index in [1.54, 1.807) is 31.4 Å². The zero-order valence-corrected chi connectivity index (χ0v) is 25.1. The standard InChI is InChI=1S/C32H32FN7O4/c1-18(41)44-17-24-23(20-12-26(30(42)38(5)16-20)36-27-14-22-7-6-10-39(22)37-27)8-9-34-29(24)40-31(43)28-19(15-35-40)11-21(13-25(28)33)32(2,3)4/h8-9,11-16H,6-7,10,17H2,1-5H3,(H,36,37). The lowest BCUT2D eigenvalue weighted by Crippen LogP contribution is -2.25. The van der Waals surface area contributed by atoms with Crippen LogP contribution in [0.3, 0.4) is 0 Å². The molecular weight excluding hydrogens is 565 g/mol. The molecule has 0 aliphatic carbocycles. The van der Waals surface area contributed by atoms with E-state index in [-0.39, 0.29) is 34.5 Å². The van der Waals surface area contributed by atoms with Gasteiger partial charge in [0, 0.05) is 61.2 Å². The number of hydrogen-bond acceptors (Lipinski definition) is 8. The first kappa shape index (κ1) is 29.0. The average Bonchev–Trinajstić information content (AvgIpc) is 3.56. The molecule has 12 heteroatoms. The second-order valence-corrected chi connectivity index (χ2v) is 12.0. The van der Waals surface area contributed by atoms with Crippen LogP contribution >= 0.6 is 0 Å². The van der Waals surface area contributed by atoms with Crippen LogP contribution in [0.25, 0.3) is 27.7 Å². The smallest absolute Gasteiger partial charge is 0.302 e. The number of carbonyl (C=O) groups is 1. The molecule has 1 aromatic carbocycles. The van der Waals surface area contributed by atoms with Crippen molar-refractivity contribution < 1.29 is 13.9 Å². The number of rotatable bonds is 6. The maximum absolute atomic E-state index is 15.4. The summed E-state index contributed by atoms with van der Waals surface area (Å²) in [7, 11) is 1.63. The van der Waals surface area contributed by atoms with Gasteiger partial charge in [-0.25, -0.2) is 9.37 Å². The van der Waals surface area contributed by atoms with Gasteiger partial charge >= 0.3 is 5.97 Å². The predicted octanol–water partition coefficient (Wildman–Crippen LogP) is 4.53. The van der Waals surface area contributed by atoms with Crippen LogP contribution in [-0.2, 0) is 41.6 Å². The quantitative estimate of drug-likeness (QED) is 0.283. The van der Waals surface area contributed by atoms with Crippen LogP contribution in [0.5, 0.6) is 0 Å². The Hall–Kier alpha value is -5.13. The van der Waals surface area contributed by atoms with Crippen molar-refractivity contribution >= 4 is 28.2 Å². The second-order valence-electron chi connectivity index (χ2n) is 12.0. The molecule has 0 bridgehead atoms. The first-order chi connectivity index (χ1) is 20.9. The first-order valence-corrected chi connectivity index (χ1v) is 14.3. The molecule has 0 unspecified atom stereocenters. The van der Waals surface area contributed by atoms with Gasteiger partial charge in [0.05, 0.1) is 11.6 Å². The summed E-state index contributed by atoms with van der Waals surface area (Å²) < 4.78 is 25.2. The first-order valence-electron chi connectivity index (χ1n) is 14.3. The van der Waals surface area contributed by atoms with Gasteiger partial charge in [-0.3, -0.25) is 19.1 Å². The summed E-state index contributed by atoms with van der Waals surface area (Å²) in [6.45, 7) is 7.74. The molecule has 0 spiro atoms. The van der Waals surface area contributed by atoms with Crippen LogP contribution in [0.2, 0.25) is 0 Å². The van der Waals surface area contributed by atoms with Gasteiger partial charge in [0.1, 0.15) is 18.1 Å². The molecule has 0 atom stereocenters. The van der Waals surface area contributed by atoms with Crippen LogP contribution in [0.4, 0.5) is 15.9 Å². The van der Waals surface area contributed by atoms with Crippen LogP contribution < -0.4 is 16.4 Å². The monoisotopic (exact) mass is 597 g/mol. The van der Waals surface area contributed by atoms with Crippen molar-refractivity contribution in [3.8, 4) is 16.9 Å². The number of fused-ring (bicyclic) bond motifs is 2. The largest absolute Gasteiger partial charge is 0.461 e. The topological polar surface area (TPSA) is 126 Å². The number of nitrogens with one attached hydrogen (secondary N) is 1. The van der Waals surface area contributed by atoms with Crippen molar-refractivity contribution in [2.75, 3.05) is 5.32 Å². The predicted molar refractivity (Wildman–Crippen MR) is 164 cm³/mol. The van der Waals surface area contributed by atoms with Crippen molar-refractivity contribution in [1.29, 1.82) is 0 Å². The molecule has 0 fully saturated rings. The molecule has 0 radical (unpaired) electrons. The van der Waals surface area contributed by atoms with E-state index >= 15 is 4.39 Å². The zero-order chi connectivity index (χ0) is 31.3. The fourth-order valence-corrected chi connectivity index (χ4v) is 5.48. The van der Waals surface area contributed by atoms with E-state index in [1.807, 2.05) is 31.5 Å². The maximum Gasteiger partial charge on any atom is 0.302 e. The lowest BCUT2D eigenvalue weighted by Gasteiger charge is -2.20. The van der Waals surface area contributed by atoms with Crippen molar-refractivity contribution in [3.05, 3.63) is 92.3 Å². The number of aryl methyl sites for hydroxylation is 3. The summed E-state index contributed by atoms with van der Waals surface area (Å²) in [6, 6.07) is 8.42. The molecule has 1 N–H and O–H groups in total. The summed E-state index contributed by atoms with van der Waals surface area (Å²) >= 11 is 0. The molecule has 44 heavy (non-hydrogen) atoms. The van der Waals surface area contributed by atoms with Crippen LogP contribution in [0.15, 0.2) is 58.5 Å². The minimum atomic E-state index is -0.704. The Morgan fingerprint density at radius 1 is 1.14 bits per heavy atom. The van der Waals surface area contributed by atoms with Gasteiger partial charge in [0.15, 0.2) is 11.6 Å². The number of hydrogen-bond donors (Lipinski definition) is 1. The van der Waals surface area contributed by atoms with E-state index in [1.165, 1.54) is 30.0 Å². The van der Waals surface area contributed by atoms with E-state index in [9.17, 15) is 14.4 Å². The average molecular weight is 598 g/mol. The van der Waals surface area contributed by atoms with Gasteiger partial charge in [-0.2, -0.15) is 14.9 Å². The highest BCUT2D eigenvalue weighted by Crippen LogP contribution is 2.31. The maximum atomic E-state index is 15.4. The molecule has 0 saturated carbocycles. The van der Waals surface area contributed by atoms with Gasteiger partial charge in [-0.05, 0) is 53.6 Å². The number of esters is 1. The van der Waals surface area contributed by atoms with E-state index in [0.29, 0.717) is 27.9 Å². The summed E-state index contributed by atoms with van der Waals surface area (Å²) in [5.41, 5.74) is 2.30. The van der Waals surface area contributed by atoms with Crippen molar-refractivity contribution in [2.45, 2.75) is 59.1 Å². The summed E-state index contributed by atoms with van der Waals surface area (Å²) in [5, 5.41) is 12.3. The van der Waals surface area contributed by atoms with Crippen molar-refractivity contribution in [3.63, 3.8) is 0 Å². The molecule has 0 saturated heterocycles. The van der Waals surface area contributed by atoms with E-state index < -0.39 is 17.3 Å². The number of carbonyl (C=O) groups excluding carboxylic acids is 1.